The Morgan fingerprint density at radius 2 is 1.85 bits per heavy atom. The fourth-order valence-corrected chi connectivity index (χ4v) is 2.77. The van der Waals surface area contributed by atoms with Crippen LogP contribution in [0.2, 0.25) is 0 Å². The van der Waals surface area contributed by atoms with Crippen molar-refractivity contribution in [3.05, 3.63) is 71.8 Å². The zero-order valence-corrected chi connectivity index (χ0v) is 14.7. The Bertz CT molecular complexity index is 946. The molecule has 0 saturated carbocycles. The number of rotatable bonds is 6. The lowest BCUT2D eigenvalue weighted by Crippen LogP contribution is -2.20. The van der Waals surface area contributed by atoms with E-state index >= 15 is 0 Å². The first kappa shape index (κ1) is 17.5. The topological polar surface area (TPSA) is 59.9 Å². The number of carbonyl (C=O) groups excluding carboxylic acids is 1. The maximum Gasteiger partial charge on any atom is 0.244 e. The van der Waals surface area contributed by atoms with Gasteiger partial charge in [0.25, 0.3) is 0 Å². The third-order valence-corrected chi connectivity index (χ3v) is 4.06. The fraction of sp³-hybridized carbons (Fsp3) is 0.143. The minimum Gasteiger partial charge on any atom is -0.497 e. The van der Waals surface area contributed by atoms with Gasteiger partial charge in [0, 0.05) is 5.56 Å². The molecule has 0 heterocycles. The molecule has 0 saturated heterocycles. The van der Waals surface area contributed by atoms with Gasteiger partial charge in [0.1, 0.15) is 11.5 Å². The zero-order valence-electron chi connectivity index (χ0n) is 14.7. The summed E-state index contributed by atoms with van der Waals surface area (Å²) in [6.45, 7) is 0. The van der Waals surface area contributed by atoms with Crippen LogP contribution in [0.3, 0.4) is 0 Å². The average Bonchev–Trinajstić information content (AvgIpc) is 2.68. The molecule has 0 aliphatic heterocycles. The van der Waals surface area contributed by atoms with E-state index in [-0.39, 0.29) is 12.3 Å². The normalized spacial score (nSPS) is 10.8. The molecule has 0 spiro atoms. The number of hydrogen-bond acceptors (Lipinski definition) is 4. The van der Waals surface area contributed by atoms with Crippen LogP contribution in [-0.2, 0) is 11.2 Å². The molecule has 3 aromatic rings. The Morgan fingerprint density at radius 3 is 2.65 bits per heavy atom. The Labute approximate surface area is 152 Å². The van der Waals surface area contributed by atoms with Crippen LogP contribution in [0.1, 0.15) is 11.1 Å². The molecule has 0 aromatic heterocycles. The summed E-state index contributed by atoms with van der Waals surface area (Å²) in [6.07, 6.45) is 1.80. The van der Waals surface area contributed by atoms with Crippen molar-refractivity contribution in [1.82, 2.24) is 5.43 Å². The first-order chi connectivity index (χ1) is 12.7. The monoisotopic (exact) mass is 348 g/mol. The molecule has 0 atom stereocenters. The van der Waals surface area contributed by atoms with E-state index in [9.17, 15) is 4.79 Å². The number of hydrogen-bond donors (Lipinski definition) is 1. The molecule has 26 heavy (non-hydrogen) atoms. The highest BCUT2D eigenvalue weighted by Crippen LogP contribution is 2.22. The van der Waals surface area contributed by atoms with Gasteiger partial charge in [-0.15, -0.1) is 0 Å². The summed E-state index contributed by atoms with van der Waals surface area (Å²) in [5.74, 6) is 1.16. The highest BCUT2D eigenvalue weighted by molar-refractivity contribution is 5.91. The molecule has 0 bridgehead atoms. The van der Waals surface area contributed by atoms with Gasteiger partial charge in [-0.2, -0.15) is 5.10 Å². The maximum atomic E-state index is 12.2. The van der Waals surface area contributed by atoms with E-state index < -0.39 is 0 Å². The van der Waals surface area contributed by atoms with Crippen molar-refractivity contribution in [3.8, 4) is 11.5 Å². The predicted molar refractivity (Wildman–Crippen MR) is 103 cm³/mol. The van der Waals surface area contributed by atoms with E-state index in [1.165, 1.54) is 0 Å². The summed E-state index contributed by atoms with van der Waals surface area (Å²) >= 11 is 0. The Morgan fingerprint density at radius 1 is 1.04 bits per heavy atom. The number of hydrazone groups is 1. The van der Waals surface area contributed by atoms with Crippen molar-refractivity contribution in [1.29, 1.82) is 0 Å². The van der Waals surface area contributed by atoms with Gasteiger partial charge in [0.05, 0.1) is 26.9 Å². The lowest BCUT2D eigenvalue weighted by Gasteiger charge is -2.07. The van der Waals surface area contributed by atoms with E-state index in [0.717, 1.165) is 21.9 Å². The van der Waals surface area contributed by atoms with Crippen LogP contribution in [0, 0.1) is 0 Å². The number of methoxy groups -OCH3 is 2. The Balaban J connectivity index is 1.70. The van der Waals surface area contributed by atoms with Crippen LogP contribution in [-0.4, -0.2) is 26.3 Å². The number of nitrogens with one attached hydrogen (secondary N) is 1. The van der Waals surface area contributed by atoms with Crippen molar-refractivity contribution in [2.45, 2.75) is 6.42 Å². The number of benzene rings is 3. The third-order valence-electron chi connectivity index (χ3n) is 4.06. The summed E-state index contributed by atoms with van der Waals surface area (Å²) in [4.78, 5) is 12.2. The van der Waals surface area contributed by atoms with Gasteiger partial charge in [-0.3, -0.25) is 4.79 Å². The number of carbonyl (C=O) groups is 1. The average molecular weight is 348 g/mol. The molecule has 3 rings (SSSR count). The van der Waals surface area contributed by atoms with Gasteiger partial charge in [-0.05, 0) is 34.5 Å². The molecule has 1 amide bonds. The van der Waals surface area contributed by atoms with Gasteiger partial charge >= 0.3 is 0 Å². The summed E-state index contributed by atoms with van der Waals surface area (Å²) in [6, 6.07) is 19.3. The number of nitrogens with zero attached hydrogens (tertiary/aromatic N) is 1. The molecular formula is C21H20N2O3. The van der Waals surface area contributed by atoms with E-state index in [2.05, 4.69) is 10.5 Å². The smallest absolute Gasteiger partial charge is 0.244 e. The molecule has 132 valence electrons. The molecule has 1 N–H and O–H groups in total. The van der Waals surface area contributed by atoms with Crippen molar-refractivity contribution < 1.29 is 14.3 Å². The molecule has 0 radical (unpaired) electrons. The molecule has 0 aliphatic rings. The minimum atomic E-state index is -0.181. The Kier molecular flexibility index (Phi) is 5.49. The Hall–Kier alpha value is -3.34. The second-order valence-corrected chi connectivity index (χ2v) is 5.72. The fourth-order valence-electron chi connectivity index (χ4n) is 2.77. The summed E-state index contributed by atoms with van der Waals surface area (Å²) < 4.78 is 10.5. The predicted octanol–water partition coefficient (Wildman–Crippen LogP) is 3.55. The largest absolute Gasteiger partial charge is 0.497 e. The molecule has 5 nitrogen and oxygen atoms in total. The first-order valence-corrected chi connectivity index (χ1v) is 8.22. The molecule has 0 aliphatic carbocycles. The van der Waals surface area contributed by atoms with Crippen molar-refractivity contribution in [2.75, 3.05) is 14.2 Å². The standard InChI is InChI=1S/C21H20N2O3/c1-25-18-10-11-20(26-2)17(12-18)14-22-23-21(24)13-16-8-5-7-15-6-3-4-9-19(15)16/h3-12,14H,13H2,1-2H3,(H,23,24)/b22-14-. The van der Waals surface area contributed by atoms with Gasteiger partial charge in [0.15, 0.2) is 0 Å². The highest BCUT2D eigenvalue weighted by atomic mass is 16.5. The highest BCUT2D eigenvalue weighted by Gasteiger charge is 2.07. The molecule has 0 fully saturated rings. The first-order valence-electron chi connectivity index (χ1n) is 8.22. The second kappa shape index (κ2) is 8.16. The lowest BCUT2D eigenvalue weighted by atomic mass is 10.0. The van der Waals surface area contributed by atoms with E-state index in [4.69, 9.17) is 9.47 Å². The van der Waals surface area contributed by atoms with Gasteiger partial charge in [-0.1, -0.05) is 42.5 Å². The van der Waals surface area contributed by atoms with Crippen LogP contribution >= 0.6 is 0 Å². The van der Waals surface area contributed by atoms with E-state index in [1.807, 2.05) is 42.5 Å². The van der Waals surface area contributed by atoms with Crippen molar-refractivity contribution in [2.24, 2.45) is 5.10 Å². The molecule has 0 unspecified atom stereocenters. The van der Waals surface area contributed by atoms with Gasteiger partial charge < -0.3 is 9.47 Å². The van der Waals surface area contributed by atoms with Crippen LogP contribution in [0.5, 0.6) is 11.5 Å². The van der Waals surface area contributed by atoms with Crippen LogP contribution in [0.25, 0.3) is 10.8 Å². The van der Waals surface area contributed by atoms with Gasteiger partial charge in [0.2, 0.25) is 5.91 Å². The maximum absolute atomic E-state index is 12.2. The third kappa shape index (κ3) is 4.00. The molecular weight excluding hydrogens is 328 g/mol. The van der Waals surface area contributed by atoms with Crippen molar-refractivity contribution in [3.63, 3.8) is 0 Å². The SMILES string of the molecule is COc1ccc(OC)c(/C=N\NC(=O)Cc2cccc3ccccc23)c1. The number of ether oxygens (including phenoxy) is 2. The summed E-state index contributed by atoms with van der Waals surface area (Å²) in [7, 11) is 3.17. The van der Waals surface area contributed by atoms with Crippen LogP contribution in [0.4, 0.5) is 0 Å². The van der Waals surface area contributed by atoms with Crippen LogP contribution < -0.4 is 14.9 Å². The zero-order chi connectivity index (χ0) is 18.4. The quantitative estimate of drug-likeness (QED) is 0.547. The van der Waals surface area contributed by atoms with E-state index in [1.54, 1.807) is 38.6 Å². The minimum absolute atomic E-state index is 0.181. The second-order valence-electron chi connectivity index (χ2n) is 5.72. The van der Waals surface area contributed by atoms with Crippen LogP contribution in [0.15, 0.2) is 65.8 Å². The summed E-state index contributed by atoms with van der Waals surface area (Å²) in [5.41, 5.74) is 4.25. The molecule has 5 heteroatoms. The number of fused-ring (bicyclic) bond motifs is 1. The van der Waals surface area contributed by atoms with Gasteiger partial charge in [-0.25, -0.2) is 5.43 Å². The summed E-state index contributed by atoms with van der Waals surface area (Å²) in [5, 5.41) is 6.23. The lowest BCUT2D eigenvalue weighted by molar-refractivity contribution is -0.120. The van der Waals surface area contributed by atoms with E-state index in [0.29, 0.717) is 11.5 Å². The van der Waals surface area contributed by atoms with Crippen molar-refractivity contribution >= 4 is 22.9 Å². The molecule has 3 aromatic carbocycles. The number of amides is 1.